The molecule has 0 saturated carbocycles. The van der Waals surface area contributed by atoms with Crippen molar-refractivity contribution in [3.63, 3.8) is 0 Å². The van der Waals surface area contributed by atoms with E-state index in [-0.39, 0.29) is 5.91 Å². The molecule has 30 heavy (non-hydrogen) atoms. The number of aromatic nitrogens is 2. The number of carbonyl (C=O) groups is 1. The number of hydrogen-bond donors (Lipinski definition) is 1. The van der Waals surface area contributed by atoms with Crippen molar-refractivity contribution in [1.29, 1.82) is 0 Å². The van der Waals surface area contributed by atoms with Crippen LogP contribution in [0.3, 0.4) is 0 Å². The van der Waals surface area contributed by atoms with Gasteiger partial charge in [-0.1, -0.05) is 48.2 Å². The molecule has 1 aromatic heterocycles. The highest BCUT2D eigenvalue weighted by Crippen LogP contribution is 2.23. The number of aryl methyl sites for hydroxylation is 1. The first-order valence-corrected chi connectivity index (χ1v) is 9.72. The van der Waals surface area contributed by atoms with Gasteiger partial charge in [0.25, 0.3) is 5.91 Å². The predicted molar refractivity (Wildman–Crippen MR) is 120 cm³/mol. The van der Waals surface area contributed by atoms with Crippen molar-refractivity contribution in [1.82, 2.24) is 9.78 Å². The number of amides is 1. The van der Waals surface area contributed by atoms with Crippen LogP contribution in [-0.2, 0) is 0 Å². The average Bonchev–Trinajstić information content (AvgIpc) is 3.07. The van der Waals surface area contributed by atoms with E-state index in [9.17, 15) is 4.79 Å². The third-order valence-electron chi connectivity index (χ3n) is 4.80. The van der Waals surface area contributed by atoms with Crippen LogP contribution < -0.4 is 5.32 Å². The maximum Gasteiger partial charge on any atom is 0.255 e. The highest BCUT2D eigenvalue weighted by Gasteiger charge is 2.16. The van der Waals surface area contributed by atoms with Crippen molar-refractivity contribution >= 4 is 11.6 Å². The minimum absolute atomic E-state index is 0.170. The third-order valence-corrected chi connectivity index (χ3v) is 4.80. The van der Waals surface area contributed by atoms with Crippen LogP contribution in [0.15, 0.2) is 84.9 Å². The first kappa shape index (κ1) is 19.2. The predicted octanol–water partition coefficient (Wildman–Crippen LogP) is 5.14. The van der Waals surface area contributed by atoms with Gasteiger partial charge in [-0.05, 0) is 62.4 Å². The van der Waals surface area contributed by atoms with E-state index in [1.165, 1.54) is 0 Å². The van der Waals surface area contributed by atoms with Crippen LogP contribution in [0, 0.1) is 25.7 Å². The van der Waals surface area contributed by atoms with E-state index in [0.29, 0.717) is 5.56 Å². The molecule has 1 heterocycles. The summed E-state index contributed by atoms with van der Waals surface area (Å²) in [5, 5.41) is 7.58. The topological polar surface area (TPSA) is 46.9 Å². The van der Waals surface area contributed by atoms with Gasteiger partial charge >= 0.3 is 0 Å². The first-order chi connectivity index (χ1) is 14.6. The molecule has 0 radical (unpaired) electrons. The van der Waals surface area contributed by atoms with Crippen LogP contribution in [0.5, 0.6) is 0 Å². The van der Waals surface area contributed by atoms with Crippen LogP contribution in [-0.4, -0.2) is 15.7 Å². The van der Waals surface area contributed by atoms with Gasteiger partial charge in [0.15, 0.2) is 0 Å². The van der Waals surface area contributed by atoms with E-state index in [2.05, 4.69) is 22.3 Å². The molecule has 146 valence electrons. The molecule has 0 unspecified atom stereocenters. The van der Waals surface area contributed by atoms with Crippen molar-refractivity contribution in [3.8, 4) is 17.5 Å². The summed E-state index contributed by atoms with van der Waals surface area (Å²) >= 11 is 0. The van der Waals surface area contributed by atoms with E-state index < -0.39 is 0 Å². The zero-order valence-electron chi connectivity index (χ0n) is 16.9. The van der Waals surface area contributed by atoms with E-state index in [1.807, 2.05) is 91.3 Å². The van der Waals surface area contributed by atoms with Crippen LogP contribution in [0.2, 0.25) is 0 Å². The number of para-hydroxylation sites is 1. The molecule has 3 aromatic carbocycles. The fourth-order valence-electron chi connectivity index (χ4n) is 3.20. The van der Waals surface area contributed by atoms with Gasteiger partial charge in [-0.3, -0.25) is 4.79 Å². The van der Waals surface area contributed by atoms with Gasteiger partial charge in [0.1, 0.15) is 0 Å². The van der Waals surface area contributed by atoms with Gasteiger partial charge < -0.3 is 5.32 Å². The molecule has 4 nitrogen and oxygen atoms in total. The summed E-state index contributed by atoms with van der Waals surface area (Å²) in [7, 11) is 0. The molecule has 1 N–H and O–H groups in total. The standard InChI is InChI=1S/C26H21N3O/c1-19-25(20(2)29(28-19)24-11-7-4-8-12-24)27-26(30)23-17-15-22(16-18-23)14-13-21-9-5-3-6-10-21/h3-12,15-18H,1-2H3,(H,27,30). The normalized spacial score (nSPS) is 10.2. The molecule has 4 aromatic rings. The van der Waals surface area contributed by atoms with Gasteiger partial charge in [-0.2, -0.15) is 5.10 Å². The number of carbonyl (C=O) groups excluding carboxylic acids is 1. The molecular weight excluding hydrogens is 370 g/mol. The smallest absolute Gasteiger partial charge is 0.255 e. The zero-order valence-corrected chi connectivity index (χ0v) is 16.9. The number of benzene rings is 3. The van der Waals surface area contributed by atoms with Crippen molar-refractivity contribution in [3.05, 3.63) is 113 Å². The van der Waals surface area contributed by atoms with E-state index in [1.54, 1.807) is 12.1 Å². The van der Waals surface area contributed by atoms with E-state index in [0.717, 1.165) is 33.9 Å². The van der Waals surface area contributed by atoms with Crippen LogP contribution in [0.4, 0.5) is 5.69 Å². The van der Waals surface area contributed by atoms with Crippen LogP contribution in [0.1, 0.15) is 32.9 Å². The molecule has 0 bridgehead atoms. The van der Waals surface area contributed by atoms with Crippen LogP contribution >= 0.6 is 0 Å². The largest absolute Gasteiger partial charge is 0.319 e. The summed E-state index contributed by atoms with van der Waals surface area (Å²) in [6.45, 7) is 3.84. The van der Waals surface area contributed by atoms with Gasteiger partial charge in [0.2, 0.25) is 0 Å². The average molecular weight is 391 g/mol. The molecule has 0 aliphatic heterocycles. The Balaban J connectivity index is 1.51. The third kappa shape index (κ3) is 4.16. The van der Waals surface area contributed by atoms with Crippen molar-refractivity contribution in [2.45, 2.75) is 13.8 Å². The van der Waals surface area contributed by atoms with Crippen molar-refractivity contribution < 1.29 is 4.79 Å². The summed E-state index contributed by atoms with van der Waals surface area (Å²) in [6.07, 6.45) is 0. The molecule has 0 saturated heterocycles. The zero-order chi connectivity index (χ0) is 20.9. The number of anilines is 1. The highest BCUT2D eigenvalue weighted by molar-refractivity contribution is 6.05. The number of nitrogens with zero attached hydrogens (tertiary/aromatic N) is 2. The lowest BCUT2D eigenvalue weighted by Gasteiger charge is -2.07. The Hall–Kier alpha value is -4.10. The molecule has 4 heteroatoms. The SMILES string of the molecule is Cc1nn(-c2ccccc2)c(C)c1NC(=O)c1ccc(C#Cc2ccccc2)cc1. The first-order valence-electron chi connectivity index (χ1n) is 9.72. The second kappa shape index (κ2) is 8.50. The van der Waals surface area contributed by atoms with Gasteiger partial charge in [0.05, 0.1) is 22.8 Å². The highest BCUT2D eigenvalue weighted by atomic mass is 16.1. The Labute approximate surface area is 176 Å². The van der Waals surface area contributed by atoms with Crippen LogP contribution in [0.25, 0.3) is 5.69 Å². The minimum Gasteiger partial charge on any atom is -0.319 e. The Morgan fingerprint density at radius 2 is 1.37 bits per heavy atom. The maximum atomic E-state index is 12.8. The quantitative estimate of drug-likeness (QED) is 0.492. The summed E-state index contributed by atoms with van der Waals surface area (Å²) in [5.41, 5.74) is 5.75. The number of hydrogen-bond acceptors (Lipinski definition) is 2. The Morgan fingerprint density at radius 3 is 2.00 bits per heavy atom. The molecule has 1 amide bonds. The number of nitrogens with one attached hydrogen (secondary N) is 1. The summed E-state index contributed by atoms with van der Waals surface area (Å²) in [6, 6.07) is 27.0. The lowest BCUT2D eigenvalue weighted by Crippen LogP contribution is -2.13. The molecule has 0 spiro atoms. The minimum atomic E-state index is -0.170. The molecular formula is C26H21N3O. The fourth-order valence-corrected chi connectivity index (χ4v) is 3.20. The lowest BCUT2D eigenvalue weighted by molar-refractivity contribution is 0.102. The van der Waals surface area contributed by atoms with E-state index in [4.69, 9.17) is 0 Å². The van der Waals surface area contributed by atoms with Gasteiger partial charge in [-0.25, -0.2) is 4.68 Å². The van der Waals surface area contributed by atoms with Crippen molar-refractivity contribution in [2.24, 2.45) is 0 Å². The molecule has 4 rings (SSSR count). The number of rotatable bonds is 3. The summed E-state index contributed by atoms with van der Waals surface area (Å²) in [4.78, 5) is 12.8. The Bertz CT molecular complexity index is 1230. The fraction of sp³-hybridized carbons (Fsp3) is 0.0769. The molecule has 0 atom stereocenters. The Kier molecular flexibility index (Phi) is 5.45. The van der Waals surface area contributed by atoms with Gasteiger partial charge in [-0.15, -0.1) is 0 Å². The molecule has 0 aliphatic rings. The lowest BCUT2D eigenvalue weighted by atomic mass is 10.1. The van der Waals surface area contributed by atoms with E-state index >= 15 is 0 Å². The Morgan fingerprint density at radius 1 is 0.800 bits per heavy atom. The maximum absolute atomic E-state index is 12.8. The van der Waals surface area contributed by atoms with Crippen molar-refractivity contribution in [2.75, 3.05) is 5.32 Å². The monoisotopic (exact) mass is 391 g/mol. The second-order valence-electron chi connectivity index (χ2n) is 6.94. The van der Waals surface area contributed by atoms with Gasteiger partial charge in [0, 0.05) is 16.7 Å². The summed E-state index contributed by atoms with van der Waals surface area (Å²) < 4.78 is 1.84. The second-order valence-corrected chi connectivity index (χ2v) is 6.94. The molecule has 0 fully saturated rings. The molecule has 0 aliphatic carbocycles. The summed E-state index contributed by atoms with van der Waals surface area (Å²) in [5.74, 6) is 6.07.